The molecule has 0 saturated heterocycles. The van der Waals surface area contributed by atoms with E-state index < -0.39 is 0 Å². The minimum atomic E-state index is -0.247. The molecule has 0 saturated carbocycles. The molecule has 0 radical (unpaired) electrons. The molecule has 1 heterocycles. The second-order valence-corrected chi connectivity index (χ2v) is 4.69. The van der Waals surface area contributed by atoms with Gasteiger partial charge in [0.1, 0.15) is 5.82 Å². The zero-order chi connectivity index (χ0) is 14.7. The van der Waals surface area contributed by atoms with Crippen LogP contribution in [-0.4, -0.2) is 4.57 Å². The van der Waals surface area contributed by atoms with Crippen molar-refractivity contribution < 1.29 is 4.39 Å². The van der Waals surface area contributed by atoms with E-state index in [1.807, 2.05) is 48.8 Å². The summed E-state index contributed by atoms with van der Waals surface area (Å²) in [5.74, 6) is 5.76. The first-order chi connectivity index (χ1) is 10.3. The zero-order valence-electron chi connectivity index (χ0n) is 11.7. The minimum absolute atomic E-state index is 0.247. The molecule has 3 aromatic rings. The first kappa shape index (κ1) is 13.2. The van der Waals surface area contributed by atoms with E-state index in [2.05, 4.69) is 11.8 Å². The van der Waals surface area contributed by atoms with Gasteiger partial charge in [-0.2, -0.15) is 0 Å². The molecule has 102 valence electrons. The summed E-state index contributed by atoms with van der Waals surface area (Å²) >= 11 is 0. The predicted octanol–water partition coefficient (Wildman–Crippen LogP) is 4.65. The van der Waals surface area contributed by atoms with E-state index in [1.165, 1.54) is 6.07 Å². The molecule has 21 heavy (non-hydrogen) atoms. The second-order valence-electron chi connectivity index (χ2n) is 4.69. The highest BCUT2D eigenvalue weighted by molar-refractivity contribution is 5.71. The molecule has 0 aliphatic heterocycles. The van der Waals surface area contributed by atoms with Gasteiger partial charge in [0.2, 0.25) is 0 Å². The smallest absolute Gasteiger partial charge is 0.147 e. The summed E-state index contributed by atoms with van der Waals surface area (Å²) in [5, 5.41) is 0. The van der Waals surface area contributed by atoms with Crippen molar-refractivity contribution in [2.45, 2.75) is 6.92 Å². The third-order valence-electron chi connectivity index (χ3n) is 3.30. The SMILES string of the molecule is CC#Cc1cn(-c2ccccc2F)cc1-c1ccccc1. The molecule has 0 amide bonds. The highest BCUT2D eigenvalue weighted by atomic mass is 19.1. The Labute approximate surface area is 123 Å². The molecule has 0 bridgehead atoms. The van der Waals surface area contributed by atoms with Crippen LogP contribution in [0.5, 0.6) is 0 Å². The summed E-state index contributed by atoms with van der Waals surface area (Å²) in [5.41, 5.74) is 3.50. The molecule has 0 atom stereocenters. The Balaban J connectivity index is 2.17. The van der Waals surface area contributed by atoms with Crippen molar-refractivity contribution >= 4 is 0 Å². The van der Waals surface area contributed by atoms with E-state index in [9.17, 15) is 4.39 Å². The molecular formula is C19H14FN. The van der Waals surface area contributed by atoms with Crippen LogP contribution < -0.4 is 0 Å². The molecule has 1 aromatic heterocycles. The Hall–Kier alpha value is -2.79. The number of benzene rings is 2. The number of hydrogen-bond donors (Lipinski definition) is 0. The first-order valence-corrected chi connectivity index (χ1v) is 6.74. The highest BCUT2D eigenvalue weighted by Gasteiger charge is 2.10. The van der Waals surface area contributed by atoms with Crippen LogP contribution in [0.25, 0.3) is 16.8 Å². The molecule has 2 aromatic carbocycles. The van der Waals surface area contributed by atoms with Crippen LogP contribution in [0.3, 0.4) is 0 Å². The van der Waals surface area contributed by atoms with E-state index in [1.54, 1.807) is 23.6 Å². The van der Waals surface area contributed by atoms with Gasteiger partial charge in [-0.05, 0) is 24.6 Å². The van der Waals surface area contributed by atoms with Gasteiger partial charge in [-0.1, -0.05) is 48.4 Å². The van der Waals surface area contributed by atoms with Crippen LogP contribution >= 0.6 is 0 Å². The molecule has 0 N–H and O–H groups in total. The van der Waals surface area contributed by atoms with Crippen molar-refractivity contribution in [1.82, 2.24) is 4.57 Å². The predicted molar refractivity (Wildman–Crippen MR) is 83.7 cm³/mol. The number of para-hydroxylation sites is 1. The van der Waals surface area contributed by atoms with Crippen LogP contribution in [0.4, 0.5) is 4.39 Å². The highest BCUT2D eigenvalue weighted by Crippen LogP contribution is 2.26. The summed E-state index contributed by atoms with van der Waals surface area (Å²) in [6.45, 7) is 1.80. The Kier molecular flexibility index (Phi) is 3.57. The van der Waals surface area contributed by atoms with Crippen molar-refractivity contribution in [2.75, 3.05) is 0 Å². The van der Waals surface area contributed by atoms with Crippen molar-refractivity contribution in [3.05, 3.63) is 78.4 Å². The van der Waals surface area contributed by atoms with E-state index >= 15 is 0 Å². The second kappa shape index (κ2) is 5.68. The lowest BCUT2D eigenvalue weighted by atomic mass is 10.1. The summed E-state index contributed by atoms with van der Waals surface area (Å²) in [6.07, 6.45) is 3.80. The van der Waals surface area contributed by atoms with E-state index in [0.29, 0.717) is 5.69 Å². The summed E-state index contributed by atoms with van der Waals surface area (Å²) in [7, 11) is 0. The number of rotatable bonds is 2. The van der Waals surface area contributed by atoms with Crippen LogP contribution in [0.2, 0.25) is 0 Å². The first-order valence-electron chi connectivity index (χ1n) is 6.74. The van der Waals surface area contributed by atoms with Gasteiger partial charge in [-0.15, -0.1) is 5.92 Å². The molecule has 1 nitrogen and oxygen atoms in total. The van der Waals surface area contributed by atoms with Gasteiger partial charge in [0.05, 0.1) is 11.3 Å². The summed E-state index contributed by atoms with van der Waals surface area (Å²) < 4.78 is 15.7. The molecule has 0 aliphatic rings. The molecule has 0 spiro atoms. The zero-order valence-corrected chi connectivity index (χ0v) is 11.7. The number of nitrogens with zero attached hydrogens (tertiary/aromatic N) is 1. The monoisotopic (exact) mass is 275 g/mol. The molecular weight excluding hydrogens is 261 g/mol. The number of halogens is 1. The molecule has 0 unspecified atom stereocenters. The lowest BCUT2D eigenvalue weighted by Crippen LogP contribution is -1.93. The summed E-state index contributed by atoms with van der Waals surface area (Å²) in [6, 6.07) is 16.7. The fraction of sp³-hybridized carbons (Fsp3) is 0.0526. The maximum absolute atomic E-state index is 13.9. The lowest BCUT2D eigenvalue weighted by Gasteiger charge is -2.03. The van der Waals surface area contributed by atoms with Gasteiger partial charge < -0.3 is 4.57 Å². The summed E-state index contributed by atoms with van der Waals surface area (Å²) in [4.78, 5) is 0. The van der Waals surface area contributed by atoms with Gasteiger partial charge in [-0.25, -0.2) is 4.39 Å². The van der Waals surface area contributed by atoms with Crippen LogP contribution in [0.1, 0.15) is 12.5 Å². The molecule has 0 fully saturated rings. The Morgan fingerprint density at radius 3 is 2.33 bits per heavy atom. The average Bonchev–Trinajstić information content (AvgIpc) is 2.93. The Morgan fingerprint density at radius 2 is 1.62 bits per heavy atom. The maximum atomic E-state index is 13.9. The topological polar surface area (TPSA) is 4.93 Å². The van der Waals surface area contributed by atoms with Gasteiger partial charge in [0.25, 0.3) is 0 Å². The lowest BCUT2D eigenvalue weighted by molar-refractivity contribution is 0.618. The van der Waals surface area contributed by atoms with E-state index in [0.717, 1.165) is 16.7 Å². The molecule has 0 aliphatic carbocycles. The average molecular weight is 275 g/mol. The third-order valence-corrected chi connectivity index (χ3v) is 3.30. The fourth-order valence-corrected chi connectivity index (χ4v) is 2.34. The normalized spacial score (nSPS) is 10.0. The van der Waals surface area contributed by atoms with Gasteiger partial charge in [0.15, 0.2) is 0 Å². The van der Waals surface area contributed by atoms with E-state index in [4.69, 9.17) is 0 Å². The third kappa shape index (κ3) is 2.59. The van der Waals surface area contributed by atoms with Gasteiger partial charge in [-0.3, -0.25) is 0 Å². The fourth-order valence-electron chi connectivity index (χ4n) is 2.34. The van der Waals surface area contributed by atoms with Gasteiger partial charge in [0, 0.05) is 18.0 Å². The Bertz CT molecular complexity index is 820. The Morgan fingerprint density at radius 1 is 0.905 bits per heavy atom. The van der Waals surface area contributed by atoms with E-state index in [-0.39, 0.29) is 5.82 Å². The quantitative estimate of drug-likeness (QED) is 0.600. The molecule has 3 rings (SSSR count). The van der Waals surface area contributed by atoms with Crippen LogP contribution in [0, 0.1) is 17.7 Å². The largest absolute Gasteiger partial charge is 0.319 e. The maximum Gasteiger partial charge on any atom is 0.147 e. The van der Waals surface area contributed by atoms with Crippen molar-refractivity contribution in [3.8, 4) is 28.7 Å². The minimum Gasteiger partial charge on any atom is -0.319 e. The standard InChI is InChI=1S/C19H14FN/c1-2-8-16-13-21(19-12-7-6-11-18(19)20)14-17(16)15-9-4-3-5-10-15/h3-7,9-14H,1H3. The number of hydrogen-bond acceptors (Lipinski definition) is 0. The number of aromatic nitrogens is 1. The van der Waals surface area contributed by atoms with Crippen molar-refractivity contribution in [2.24, 2.45) is 0 Å². The van der Waals surface area contributed by atoms with Crippen molar-refractivity contribution in [1.29, 1.82) is 0 Å². The molecule has 2 heteroatoms. The van der Waals surface area contributed by atoms with Crippen LogP contribution in [-0.2, 0) is 0 Å². The van der Waals surface area contributed by atoms with Crippen LogP contribution in [0.15, 0.2) is 67.0 Å². The van der Waals surface area contributed by atoms with Gasteiger partial charge >= 0.3 is 0 Å². The van der Waals surface area contributed by atoms with Crippen molar-refractivity contribution in [3.63, 3.8) is 0 Å².